The quantitative estimate of drug-likeness (QED) is 0.679. The maximum Gasteiger partial charge on any atom is 0.161 e. The Kier molecular flexibility index (Phi) is 1.48. The van der Waals surface area contributed by atoms with E-state index in [2.05, 4.69) is 9.97 Å². The average molecular weight is 185 g/mol. The van der Waals surface area contributed by atoms with E-state index in [0.717, 1.165) is 35.3 Å². The zero-order valence-corrected chi connectivity index (χ0v) is 7.83. The summed E-state index contributed by atoms with van der Waals surface area (Å²) in [5.74, 6) is 0. The van der Waals surface area contributed by atoms with E-state index >= 15 is 0 Å². The molecule has 0 bridgehead atoms. The van der Waals surface area contributed by atoms with E-state index in [1.807, 2.05) is 12.1 Å². The Hall–Kier alpha value is -1.64. The van der Waals surface area contributed by atoms with Gasteiger partial charge in [-0.3, -0.25) is 0 Å². The third kappa shape index (κ3) is 0.923. The van der Waals surface area contributed by atoms with Crippen LogP contribution in [0.15, 0.2) is 18.3 Å². The van der Waals surface area contributed by atoms with E-state index in [0.29, 0.717) is 0 Å². The molecule has 3 heteroatoms. The first-order valence-corrected chi connectivity index (χ1v) is 4.88. The zero-order valence-electron chi connectivity index (χ0n) is 7.83. The highest BCUT2D eigenvalue weighted by molar-refractivity contribution is 5.89. The van der Waals surface area contributed by atoms with Crippen LogP contribution in [0.5, 0.6) is 0 Å². The SMILES string of the molecule is Nc1c2c(nc3ncccc13)CCC2. The second-order valence-corrected chi connectivity index (χ2v) is 3.68. The lowest BCUT2D eigenvalue weighted by Gasteiger charge is -2.06. The summed E-state index contributed by atoms with van der Waals surface area (Å²) in [5.41, 5.74) is 10.1. The van der Waals surface area contributed by atoms with E-state index < -0.39 is 0 Å². The second kappa shape index (κ2) is 2.67. The van der Waals surface area contributed by atoms with Gasteiger partial charge in [0.2, 0.25) is 0 Å². The molecule has 0 amide bonds. The van der Waals surface area contributed by atoms with Crippen molar-refractivity contribution in [2.45, 2.75) is 19.3 Å². The summed E-state index contributed by atoms with van der Waals surface area (Å²) in [7, 11) is 0. The summed E-state index contributed by atoms with van der Waals surface area (Å²) >= 11 is 0. The molecule has 0 atom stereocenters. The molecule has 2 N–H and O–H groups in total. The smallest absolute Gasteiger partial charge is 0.161 e. The number of nitrogen functional groups attached to an aromatic ring is 1. The first-order chi connectivity index (χ1) is 6.86. The molecule has 70 valence electrons. The Labute approximate surface area is 82.0 Å². The fourth-order valence-corrected chi connectivity index (χ4v) is 2.13. The topological polar surface area (TPSA) is 51.8 Å². The first kappa shape index (κ1) is 7.74. The van der Waals surface area contributed by atoms with Gasteiger partial charge in [-0.1, -0.05) is 0 Å². The number of aryl methyl sites for hydroxylation is 1. The van der Waals surface area contributed by atoms with Crippen molar-refractivity contribution in [1.82, 2.24) is 9.97 Å². The van der Waals surface area contributed by atoms with E-state index in [1.54, 1.807) is 6.20 Å². The van der Waals surface area contributed by atoms with Crippen LogP contribution in [0.1, 0.15) is 17.7 Å². The average Bonchev–Trinajstić information content (AvgIpc) is 2.66. The normalized spacial score (nSPS) is 14.6. The Morgan fingerprint density at radius 1 is 1.29 bits per heavy atom. The Morgan fingerprint density at radius 3 is 3.14 bits per heavy atom. The van der Waals surface area contributed by atoms with Gasteiger partial charge < -0.3 is 5.73 Å². The van der Waals surface area contributed by atoms with Gasteiger partial charge in [-0.25, -0.2) is 9.97 Å². The number of hydrogen-bond acceptors (Lipinski definition) is 3. The number of nitrogens with two attached hydrogens (primary N) is 1. The van der Waals surface area contributed by atoms with Crippen molar-refractivity contribution in [2.75, 3.05) is 5.73 Å². The summed E-state index contributed by atoms with van der Waals surface area (Å²) in [6, 6.07) is 3.89. The fraction of sp³-hybridized carbons (Fsp3) is 0.273. The molecule has 3 rings (SSSR count). The van der Waals surface area contributed by atoms with Gasteiger partial charge in [-0.15, -0.1) is 0 Å². The van der Waals surface area contributed by atoms with Crippen LogP contribution in [-0.4, -0.2) is 9.97 Å². The van der Waals surface area contributed by atoms with Crippen LogP contribution in [0.25, 0.3) is 11.0 Å². The molecule has 0 aromatic carbocycles. The predicted molar refractivity (Wildman–Crippen MR) is 56.0 cm³/mol. The summed E-state index contributed by atoms with van der Waals surface area (Å²) in [6.07, 6.45) is 5.05. The van der Waals surface area contributed by atoms with Gasteiger partial charge >= 0.3 is 0 Å². The highest BCUT2D eigenvalue weighted by Crippen LogP contribution is 2.30. The number of fused-ring (bicyclic) bond motifs is 2. The minimum absolute atomic E-state index is 0.783. The van der Waals surface area contributed by atoms with Gasteiger partial charge in [-0.2, -0.15) is 0 Å². The second-order valence-electron chi connectivity index (χ2n) is 3.68. The molecule has 0 saturated carbocycles. The lowest BCUT2D eigenvalue weighted by molar-refractivity contribution is 0.901. The number of hydrogen-bond donors (Lipinski definition) is 1. The molecule has 0 aliphatic heterocycles. The molecule has 1 aliphatic carbocycles. The molecule has 2 heterocycles. The third-order valence-electron chi connectivity index (χ3n) is 2.83. The van der Waals surface area contributed by atoms with E-state index in [-0.39, 0.29) is 0 Å². The Bertz CT molecular complexity index is 505. The molecule has 0 unspecified atom stereocenters. The minimum atomic E-state index is 0.783. The number of pyridine rings is 2. The van der Waals surface area contributed by atoms with Gasteiger partial charge in [0.15, 0.2) is 5.65 Å². The zero-order chi connectivity index (χ0) is 9.54. The Morgan fingerprint density at radius 2 is 2.21 bits per heavy atom. The molecule has 2 aromatic rings. The van der Waals surface area contributed by atoms with Crippen LogP contribution in [0.4, 0.5) is 5.69 Å². The van der Waals surface area contributed by atoms with Crippen molar-refractivity contribution in [3.05, 3.63) is 29.6 Å². The van der Waals surface area contributed by atoms with Gasteiger partial charge in [0.1, 0.15) is 0 Å². The maximum absolute atomic E-state index is 6.09. The van der Waals surface area contributed by atoms with E-state index in [4.69, 9.17) is 5.73 Å². The molecular weight excluding hydrogens is 174 g/mol. The van der Waals surface area contributed by atoms with Crippen LogP contribution in [0, 0.1) is 0 Å². The van der Waals surface area contributed by atoms with Crippen LogP contribution in [0.2, 0.25) is 0 Å². The highest BCUT2D eigenvalue weighted by atomic mass is 14.9. The van der Waals surface area contributed by atoms with Gasteiger partial charge in [0.25, 0.3) is 0 Å². The minimum Gasteiger partial charge on any atom is -0.398 e. The molecule has 0 fully saturated rings. The molecule has 0 saturated heterocycles. The summed E-state index contributed by atoms with van der Waals surface area (Å²) in [6.45, 7) is 0. The molecule has 0 radical (unpaired) electrons. The van der Waals surface area contributed by atoms with Crippen LogP contribution in [-0.2, 0) is 12.8 Å². The lowest BCUT2D eigenvalue weighted by Crippen LogP contribution is -1.99. The van der Waals surface area contributed by atoms with Crippen LogP contribution < -0.4 is 5.73 Å². The molecule has 0 spiro atoms. The largest absolute Gasteiger partial charge is 0.398 e. The monoisotopic (exact) mass is 185 g/mol. The van der Waals surface area contributed by atoms with Gasteiger partial charge in [0, 0.05) is 23.0 Å². The van der Waals surface area contributed by atoms with Crippen molar-refractivity contribution < 1.29 is 0 Å². The van der Waals surface area contributed by atoms with Crippen molar-refractivity contribution in [3.63, 3.8) is 0 Å². The molecule has 2 aromatic heterocycles. The maximum atomic E-state index is 6.09. The highest BCUT2D eigenvalue weighted by Gasteiger charge is 2.17. The predicted octanol–water partition coefficient (Wildman–Crippen LogP) is 1.70. The van der Waals surface area contributed by atoms with E-state index in [1.165, 1.54) is 12.0 Å². The molecule has 14 heavy (non-hydrogen) atoms. The van der Waals surface area contributed by atoms with Crippen LogP contribution in [0.3, 0.4) is 0 Å². The van der Waals surface area contributed by atoms with Crippen molar-refractivity contribution in [1.29, 1.82) is 0 Å². The number of aromatic nitrogens is 2. The summed E-state index contributed by atoms with van der Waals surface area (Å²) in [5, 5.41) is 0.994. The third-order valence-corrected chi connectivity index (χ3v) is 2.83. The number of rotatable bonds is 0. The Balaban J connectivity index is 2.44. The summed E-state index contributed by atoms with van der Waals surface area (Å²) < 4.78 is 0. The number of nitrogens with zero attached hydrogens (tertiary/aromatic N) is 2. The first-order valence-electron chi connectivity index (χ1n) is 4.88. The van der Waals surface area contributed by atoms with Gasteiger partial charge in [-0.05, 0) is 37.0 Å². The summed E-state index contributed by atoms with van der Waals surface area (Å²) in [4.78, 5) is 8.75. The number of anilines is 1. The van der Waals surface area contributed by atoms with E-state index in [9.17, 15) is 0 Å². The lowest BCUT2D eigenvalue weighted by atomic mass is 10.1. The van der Waals surface area contributed by atoms with Crippen molar-refractivity contribution >= 4 is 16.7 Å². The van der Waals surface area contributed by atoms with Gasteiger partial charge in [0.05, 0.1) is 0 Å². The van der Waals surface area contributed by atoms with Crippen molar-refractivity contribution in [2.24, 2.45) is 0 Å². The van der Waals surface area contributed by atoms with Crippen LogP contribution >= 0.6 is 0 Å². The molecular formula is C11H11N3. The van der Waals surface area contributed by atoms with Crippen molar-refractivity contribution in [3.8, 4) is 0 Å². The molecule has 1 aliphatic rings. The standard InChI is InChI=1S/C11H11N3/c12-10-7-3-1-5-9(7)14-11-8(10)4-2-6-13-11/h2,4,6H,1,3,5H2,(H2,12,13,14). The molecule has 3 nitrogen and oxygen atoms in total. The fourth-order valence-electron chi connectivity index (χ4n) is 2.13.